The van der Waals surface area contributed by atoms with Gasteiger partial charge in [0.25, 0.3) is 0 Å². The standard InChI is InChI=1S/C25H24N2O/c1-4-27(5-2)14-21-15(3)26-24-19-12-11-17-8-6-7-16-9-10-18(23(19)22(16)17)13-20(24)25(21)28/h6-13H,4-5,14H2,1-3H3,(H,26,28). The number of fused-ring (bicyclic) bond motifs is 2. The van der Waals surface area contributed by atoms with Gasteiger partial charge in [-0.3, -0.25) is 9.69 Å². The molecule has 0 aliphatic carbocycles. The highest BCUT2D eigenvalue weighted by Gasteiger charge is 2.16. The Morgan fingerprint density at radius 2 is 1.54 bits per heavy atom. The first kappa shape index (κ1) is 17.2. The summed E-state index contributed by atoms with van der Waals surface area (Å²) in [5, 5.41) is 8.07. The molecule has 3 heteroatoms. The van der Waals surface area contributed by atoms with Crippen LogP contribution in [0.25, 0.3) is 43.2 Å². The van der Waals surface area contributed by atoms with E-state index >= 15 is 0 Å². The summed E-state index contributed by atoms with van der Waals surface area (Å²) in [6.45, 7) is 8.87. The Hall–Kier alpha value is -2.91. The van der Waals surface area contributed by atoms with Gasteiger partial charge in [0.1, 0.15) is 0 Å². The lowest BCUT2D eigenvalue weighted by Crippen LogP contribution is -2.27. The quantitative estimate of drug-likeness (QED) is 0.332. The highest BCUT2D eigenvalue weighted by atomic mass is 16.1. The molecule has 0 spiro atoms. The maximum Gasteiger partial charge on any atom is 0.194 e. The highest BCUT2D eigenvalue weighted by Crippen LogP contribution is 2.37. The van der Waals surface area contributed by atoms with E-state index in [0.717, 1.165) is 46.0 Å². The second-order valence-electron chi connectivity index (χ2n) is 7.67. The van der Waals surface area contributed by atoms with Gasteiger partial charge >= 0.3 is 0 Å². The van der Waals surface area contributed by atoms with Crippen LogP contribution in [-0.4, -0.2) is 23.0 Å². The molecule has 28 heavy (non-hydrogen) atoms. The minimum atomic E-state index is 0.156. The average molecular weight is 368 g/mol. The Balaban J connectivity index is 1.90. The van der Waals surface area contributed by atoms with Gasteiger partial charge in [-0.25, -0.2) is 0 Å². The molecule has 0 unspecified atom stereocenters. The van der Waals surface area contributed by atoms with Gasteiger partial charge in [-0.05, 0) is 53.0 Å². The Bertz CT molecular complexity index is 1380. The van der Waals surface area contributed by atoms with Gasteiger partial charge in [0, 0.05) is 28.6 Å². The number of aromatic amines is 1. The third kappa shape index (κ3) is 2.36. The highest BCUT2D eigenvalue weighted by molar-refractivity contribution is 6.28. The Morgan fingerprint density at radius 1 is 0.857 bits per heavy atom. The summed E-state index contributed by atoms with van der Waals surface area (Å²) in [6.07, 6.45) is 0. The molecule has 5 aromatic rings. The summed E-state index contributed by atoms with van der Waals surface area (Å²) in [4.78, 5) is 19.3. The summed E-state index contributed by atoms with van der Waals surface area (Å²) in [7, 11) is 0. The second kappa shape index (κ2) is 6.32. The molecule has 140 valence electrons. The predicted octanol–water partition coefficient (Wildman–Crippen LogP) is 5.58. The molecular weight excluding hydrogens is 344 g/mol. The summed E-state index contributed by atoms with van der Waals surface area (Å²) >= 11 is 0. The van der Waals surface area contributed by atoms with Crippen molar-refractivity contribution in [3.63, 3.8) is 0 Å². The van der Waals surface area contributed by atoms with Gasteiger partial charge in [0.05, 0.1) is 5.52 Å². The molecule has 3 nitrogen and oxygen atoms in total. The molecule has 5 rings (SSSR count). The molecular formula is C25H24N2O. The van der Waals surface area contributed by atoms with E-state index in [1.54, 1.807) is 0 Å². The first-order valence-electron chi connectivity index (χ1n) is 10.1. The monoisotopic (exact) mass is 368 g/mol. The molecule has 4 aromatic carbocycles. The molecule has 0 bridgehead atoms. The largest absolute Gasteiger partial charge is 0.358 e. The van der Waals surface area contributed by atoms with E-state index in [4.69, 9.17) is 0 Å². The maximum absolute atomic E-state index is 13.4. The molecule has 1 aromatic heterocycles. The molecule has 0 aliphatic heterocycles. The van der Waals surface area contributed by atoms with E-state index in [0.29, 0.717) is 6.54 Å². The van der Waals surface area contributed by atoms with Crippen LogP contribution >= 0.6 is 0 Å². The fraction of sp³-hybridized carbons (Fsp3) is 0.240. The number of nitrogens with one attached hydrogen (secondary N) is 1. The average Bonchev–Trinajstić information content (AvgIpc) is 2.72. The number of pyridine rings is 1. The van der Waals surface area contributed by atoms with Crippen LogP contribution in [0.3, 0.4) is 0 Å². The minimum Gasteiger partial charge on any atom is -0.358 e. The third-order valence-electron chi connectivity index (χ3n) is 6.21. The van der Waals surface area contributed by atoms with Gasteiger partial charge in [0.15, 0.2) is 5.43 Å². The topological polar surface area (TPSA) is 36.1 Å². The van der Waals surface area contributed by atoms with Crippen LogP contribution in [0.1, 0.15) is 25.1 Å². The van der Waals surface area contributed by atoms with Crippen molar-refractivity contribution in [2.24, 2.45) is 0 Å². The smallest absolute Gasteiger partial charge is 0.194 e. The van der Waals surface area contributed by atoms with E-state index in [1.165, 1.54) is 21.5 Å². The number of aryl methyl sites for hydroxylation is 1. The van der Waals surface area contributed by atoms with Gasteiger partial charge in [-0.2, -0.15) is 0 Å². The minimum absolute atomic E-state index is 0.156. The van der Waals surface area contributed by atoms with E-state index in [2.05, 4.69) is 72.3 Å². The number of rotatable bonds is 4. The van der Waals surface area contributed by atoms with Crippen LogP contribution in [0.4, 0.5) is 0 Å². The van der Waals surface area contributed by atoms with Crippen LogP contribution in [0.2, 0.25) is 0 Å². The summed E-state index contributed by atoms with van der Waals surface area (Å²) in [5.74, 6) is 0. The van der Waals surface area contributed by atoms with Gasteiger partial charge in [0.2, 0.25) is 0 Å². The number of benzene rings is 4. The number of nitrogens with zero attached hydrogens (tertiary/aromatic N) is 1. The van der Waals surface area contributed by atoms with Crippen molar-refractivity contribution >= 4 is 43.2 Å². The van der Waals surface area contributed by atoms with Gasteiger partial charge < -0.3 is 4.98 Å². The van der Waals surface area contributed by atoms with Crippen molar-refractivity contribution in [1.82, 2.24) is 9.88 Å². The first-order valence-corrected chi connectivity index (χ1v) is 10.1. The normalized spacial score (nSPS) is 12.3. The fourth-order valence-electron chi connectivity index (χ4n) is 4.58. The van der Waals surface area contributed by atoms with Crippen molar-refractivity contribution in [3.8, 4) is 0 Å². The molecule has 0 atom stereocenters. The summed E-state index contributed by atoms with van der Waals surface area (Å²) < 4.78 is 0. The molecule has 1 heterocycles. The van der Waals surface area contributed by atoms with Crippen LogP contribution in [-0.2, 0) is 6.54 Å². The lowest BCUT2D eigenvalue weighted by Gasteiger charge is -2.20. The van der Waals surface area contributed by atoms with Crippen LogP contribution in [0, 0.1) is 6.92 Å². The zero-order valence-electron chi connectivity index (χ0n) is 16.6. The zero-order valence-corrected chi connectivity index (χ0v) is 16.6. The molecule has 0 fully saturated rings. The summed E-state index contributed by atoms with van der Waals surface area (Å²) in [6, 6.07) is 17.1. The third-order valence-corrected chi connectivity index (χ3v) is 6.21. The van der Waals surface area contributed by atoms with E-state index in [1.807, 2.05) is 6.92 Å². The molecule has 0 radical (unpaired) electrons. The SMILES string of the molecule is CCN(CC)Cc1c(C)[nH]c2c(cc3ccc4cccc5ccc2c3c45)c1=O. The van der Waals surface area contributed by atoms with Crippen molar-refractivity contribution < 1.29 is 0 Å². The fourth-order valence-corrected chi connectivity index (χ4v) is 4.58. The summed E-state index contributed by atoms with van der Waals surface area (Å²) in [5.41, 5.74) is 2.96. The Kier molecular flexibility index (Phi) is 3.88. The van der Waals surface area contributed by atoms with Crippen LogP contribution in [0.15, 0.2) is 53.3 Å². The number of aromatic nitrogens is 1. The Labute approximate surface area is 163 Å². The zero-order chi connectivity index (χ0) is 19.4. The molecule has 0 saturated heterocycles. The van der Waals surface area contributed by atoms with Crippen molar-refractivity contribution in [3.05, 3.63) is 70.0 Å². The predicted molar refractivity (Wildman–Crippen MR) is 120 cm³/mol. The van der Waals surface area contributed by atoms with Crippen molar-refractivity contribution in [2.45, 2.75) is 27.3 Å². The lowest BCUT2D eigenvalue weighted by molar-refractivity contribution is 0.294. The lowest BCUT2D eigenvalue weighted by atomic mass is 9.92. The van der Waals surface area contributed by atoms with Gasteiger partial charge in [-0.1, -0.05) is 56.3 Å². The van der Waals surface area contributed by atoms with Gasteiger partial charge in [-0.15, -0.1) is 0 Å². The van der Waals surface area contributed by atoms with E-state index < -0.39 is 0 Å². The second-order valence-corrected chi connectivity index (χ2v) is 7.67. The van der Waals surface area contributed by atoms with Crippen molar-refractivity contribution in [1.29, 1.82) is 0 Å². The van der Waals surface area contributed by atoms with Crippen molar-refractivity contribution in [2.75, 3.05) is 13.1 Å². The molecule has 0 amide bonds. The van der Waals surface area contributed by atoms with E-state index in [-0.39, 0.29) is 5.43 Å². The maximum atomic E-state index is 13.4. The number of hydrogen-bond donors (Lipinski definition) is 1. The molecule has 0 aliphatic rings. The number of hydrogen-bond acceptors (Lipinski definition) is 2. The number of H-pyrrole nitrogens is 1. The Morgan fingerprint density at radius 3 is 2.25 bits per heavy atom. The van der Waals surface area contributed by atoms with Crippen LogP contribution < -0.4 is 5.43 Å². The molecule has 0 saturated carbocycles. The van der Waals surface area contributed by atoms with Crippen LogP contribution in [0.5, 0.6) is 0 Å². The molecule has 1 N–H and O–H groups in total. The first-order chi connectivity index (χ1) is 13.6. The van der Waals surface area contributed by atoms with E-state index in [9.17, 15) is 4.79 Å².